The van der Waals surface area contributed by atoms with Crippen LogP contribution in [0.1, 0.15) is 10.4 Å². The van der Waals surface area contributed by atoms with Crippen LogP contribution in [0.25, 0.3) is 0 Å². The van der Waals surface area contributed by atoms with E-state index in [2.05, 4.69) is 4.98 Å². The third kappa shape index (κ3) is 3.31. The van der Waals surface area contributed by atoms with E-state index in [1.54, 1.807) is 29.1 Å². The molecule has 1 aromatic carbocycles. The summed E-state index contributed by atoms with van der Waals surface area (Å²) < 4.78 is 25.7. The van der Waals surface area contributed by atoms with Gasteiger partial charge in [-0.15, -0.1) is 11.3 Å². The van der Waals surface area contributed by atoms with Crippen molar-refractivity contribution in [2.75, 3.05) is 0 Å². The lowest BCUT2D eigenvalue weighted by molar-refractivity contribution is 0.506. The maximum atomic E-state index is 13.0. The fourth-order valence-corrected chi connectivity index (χ4v) is 2.33. The van der Waals surface area contributed by atoms with Gasteiger partial charge in [-0.1, -0.05) is 6.07 Å². The van der Waals surface area contributed by atoms with Crippen LogP contribution in [0.2, 0.25) is 0 Å². The van der Waals surface area contributed by atoms with Crippen LogP contribution < -0.4 is 5.73 Å². The second kappa shape index (κ2) is 5.33. The van der Waals surface area contributed by atoms with Gasteiger partial charge in [-0.2, -0.15) is 0 Å². The van der Waals surface area contributed by atoms with Gasteiger partial charge < -0.3 is 5.73 Å². The van der Waals surface area contributed by atoms with Gasteiger partial charge in [0.25, 0.3) is 0 Å². The molecule has 1 unspecified atom stereocenters. The second-order valence-corrected chi connectivity index (χ2v) is 4.86. The zero-order valence-electron chi connectivity index (χ0n) is 9.07. The number of rotatable bonds is 4. The van der Waals surface area contributed by atoms with Gasteiger partial charge in [0.15, 0.2) is 11.6 Å². The number of benzene rings is 1. The first-order valence-electron chi connectivity index (χ1n) is 5.22. The van der Waals surface area contributed by atoms with Crippen molar-refractivity contribution in [2.45, 2.75) is 18.9 Å². The van der Waals surface area contributed by atoms with Crippen molar-refractivity contribution >= 4 is 11.3 Å². The molecule has 0 aliphatic heterocycles. The van der Waals surface area contributed by atoms with Crippen molar-refractivity contribution in [1.29, 1.82) is 0 Å². The minimum Gasteiger partial charge on any atom is -0.327 e. The molecule has 5 heteroatoms. The van der Waals surface area contributed by atoms with E-state index in [-0.39, 0.29) is 6.04 Å². The molecule has 0 saturated carbocycles. The highest BCUT2D eigenvalue weighted by Crippen LogP contribution is 2.13. The average molecular weight is 254 g/mol. The van der Waals surface area contributed by atoms with Gasteiger partial charge in [-0.25, -0.2) is 8.78 Å². The Labute approximate surface area is 102 Å². The van der Waals surface area contributed by atoms with Gasteiger partial charge in [-0.05, 0) is 30.5 Å². The molecule has 1 heterocycles. The van der Waals surface area contributed by atoms with Gasteiger partial charge in [0.05, 0.1) is 5.51 Å². The summed E-state index contributed by atoms with van der Waals surface area (Å²) in [5, 5.41) is 0. The highest BCUT2D eigenvalue weighted by molar-refractivity contribution is 7.09. The van der Waals surface area contributed by atoms with Gasteiger partial charge >= 0.3 is 0 Å². The van der Waals surface area contributed by atoms with E-state index in [0.29, 0.717) is 18.4 Å². The van der Waals surface area contributed by atoms with Crippen LogP contribution in [0.4, 0.5) is 8.78 Å². The summed E-state index contributed by atoms with van der Waals surface area (Å²) in [5.74, 6) is -1.66. The number of hydrogen-bond acceptors (Lipinski definition) is 3. The number of hydrogen-bond donors (Lipinski definition) is 1. The summed E-state index contributed by atoms with van der Waals surface area (Å²) in [7, 11) is 0. The molecule has 2 N–H and O–H groups in total. The lowest BCUT2D eigenvalue weighted by atomic mass is 10.0. The summed E-state index contributed by atoms with van der Waals surface area (Å²) in [5.41, 5.74) is 8.41. The molecule has 0 saturated heterocycles. The van der Waals surface area contributed by atoms with Gasteiger partial charge in [0, 0.05) is 17.1 Å². The van der Waals surface area contributed by atoms with Crippen molar-refractivity contribution in [2.24, 2.45) is 5.73 Å². The Kier molecular flexibility index (Phi) is 3.81. The number of thiazole rings is 1. The van der Waals surface area contributed by atoms with Crippen LogP contribution in [-0.2, 0) is 12.8 Å². The summed E-state index contributed by atoms with van der Waals surface area (Å²) in [4.78, 5) is 5.06. The highest BCUT2D eigenvalue weighted by atomic mass is 32.1. The molecule has 17 heavy (non-hydrogen) atoms. The monoisotopic (exact) mass is 254 g/mol. The largest absolute Gasteiger partial charge is 0.327 e. The van der Waals surface area contributed by atoms with E-state index in [4.69, 9.17) is 5.73 Å². The van der Waals surface area contributed by atoms with Crippen LogP contribution in [0.15, 0.2) is 29.9 Å². The molecular weight excluding hydrogens is 242 g/mol. The molecule has 1 aromatic heterocycles. The van der Waals surface area contributed by atoms with Gasteiger partial charge in [0.1, 0.15) is 0 Å². The van der Waals surface area contributed by atoms with E-state index >= 15 is 0 Å². The SMILES string of the molecule is NC(Cc1ccc(F)c(F)c1)Cc1cncs1. The van der Waals surface area contributed by atoms with E-state index in [0.717, 1.165) is 10.9 Å². The van der Waals surface area contributed by atoms with Crippen molar-refractivity contribution in [3.05, 3.63) is 52.0 Å². The predicted octanol–water partition coefficient (Wildman–Crippen LogP) is 2.53. The first kappa shape index (κ1) is 12.1. The van der Waals surface area contributed by atoms with Crippen LogP contribution in [-0.4, -0.2) is 11.0 Å². The maximum absolute atomic E-state index is 13.0. The topological polar surface area (TPSA) is 38.9 Å². The minimum absolute atomic E-state index is 0.111. The van der Waals surface area contributed by atoms with E-state index in [1.165, 1.54) is 6.07 Å². The molecule has 0 radical (unpaired) electrons. The maximum Gasteiger partial charge on any atom is 0.159 e. The first-order valence-corrected chi connectivity index (χ1v) is 6.10. The van der Waals surface area contributed by atoms with Crippen LogP contribution >= 0.6 is 11.3 Å². The van der Waals surface area contributed by atoms with Crippen LogP contribution in [0, 0.1) is 11.6 Å². The number of nitrogens with two attached hydrogens (primary N) is 1. The zero-order valence-corrected chi connectivity index (χ0v) is 9.88. The van der Waals surface area contributed by atoms with E-state index in [1.807, 2.05) is 0 Å². The van der Waals surface area contributed by atoms with Gasteiger partial charge in [0.2, 0.25) is 0 Å². The number of aromatic nitrogens is 1. The third-order valence-corrected chi connectivity index (χ3v) is 3.23. The van der Waals surface area contributed by atoms with Crippen molar-refractivity contribution in [3.63, 3.8) is 0 Å². The highest BCUT2D eigenvalue weighted by Gasteiger charge is 2.09. The summed E-state index contributed by atoms with van der Waals surface area (Å²) in [6.07, 6.45) is 2.99. The Balaban J connectivity index is 1.98. The normalized spacial score (nSPS) is 12.6. The molecule has 2 nitrogen and oxygen atoms in total. The summed E-state index contributed by atoms with van der Waals surface area (Å²) >= 11 is 1.54. The molecule has 0 amide bonds. The molecule has 2 rings (SSSR count). The number of nitrogens with zero attached hydrogens (tertiary/aromatic N) is 1. The van der Waals surface area contributed by atoms with Crippen molar-refractivity contribution < 1.29 is 8.78 Å². The third-order valence-electron chi connectivity index (χ3n) is 2.43. The quantitative estimate of drug-likeness (QED) is 0.910. The molecule has 0 fully saturated rings. The predicted molar refractivity (Wildman–Crippen MR) is 63.9 cm³/mol. The zero-order chi connectivity index (χ0) is 12.3. The fraction of sp³-hybridized carbons (Fsp3) is 0.250. The molecule has 0 bridgehead atoms. The summed E-state index contributed by atoms with van der Waals surface area (Å²) in [6, 6.07) is 3.77. The minimum atomic E-state index is -0.829. The van der Waals surface area contributed by atoms with Crippen molar-refractivity contribution in [1.82, 2.24) is 4.98 Å². The molecule has 0 aliphatic carbocycles. The Morgan fingerprint density at radius 3 is 2.71 bits per heavy atom. The average Bonchev–Trinajstić information content (AvgIpc) is 2.76. The molecular formula is C12H12F2N2S. The lowest BCUT2D eigenvalue weighted by Crippen LogP contribution is -2.25. The fourth-order valence-electron chi connectivity index (χ4n) is 1.64. The van der Waals surface area contributed by atoms with Gasteiger partial charge in [-0.3, -0.25) is 4.98 Å². The van der Waals surface area contributed by atoms with Crippen LogP contribution in [0.3, 0.4) is 0 Å². The standard InChI is InChI=1S/C12H12F2N2S/c13-11-2-1-8(4-12(11)14)3-9(15)5-10-6-16-7-17-10/h1-2,4,6-7,9H,3,5,15H2. The Bertz CT molecular complexity index is 485. The first-order chi connectivity index (χ1) is 8.15. The van der Waals surface area contributed by atoms with Crippen molar-refractivity contribution in [3.8, 4) is 0 Å². The Morgan fingerprint density at radius 2 is 2.06 bits per heavy atom. The lowest BCUT2D eigenvalue weighted by Gasteiger charge is -2.10. The molecule has 90 valence electrons. The Morgan fingerprint density at radius 1 is 1.24 bits per heavy atom. The van der Waals surface area contributed by atoms with Crippen LogP contribution in [0.5, 0.6) is 0 Å². The molecule has 0 spiro atoms. The Hall–Kier alpha value is -1.33. The van der Waals surface area contributed by atoms with E-state index in [9.17, 15) is 8.78 Å². The second-order valence-electron chi connectivity index (χ2n) is 3.88. The molecule has 2 aromatic rings. The number of halogens is 2. The smallest absolute Gasteiger partial charge is 0.159 e. The van der Waals surface area contributed by atoms with E-state index < -0.39 is 11.6 Å². The molecule has 0 aliphatic rings. The summed E-state index contributed by atoms with van der Waals surface area (Å²) in [6.45, 7) is 0. The molecule has 1 atom stereocenters.